The minimum Gasteiger partial charge on any atom is -0.493 e. The quantitative estimate of drug-likeness (QED) is 0.254. The Hall–Kier alpha value is -5.32. The van der Waals surface area contributed by atoms with Crippen LogP contribution in [0, 0.1) is 6.92 Å². The number of nitrogens with zero attached hydrogens (tertiary/aromatic N) is 4. The third-order valence-corrected chi connectivity index (χ3v) is 7.10. The predicted molar refractivity (Wildman–Crippen MR) is 156 cm³/mol. The van der Waals surface area contributed by atoms with Gasteiger partial charge >= 0.3 is 11.4 Å². The molecule has 0 amide bonds. The van der Waals surface area contributed by atoms with Gasteiger partial charge in [0.2, 0.25) is 5.88 Å². The number of rotatable bonds is 5. The number of imidazole rings is 1. The van der Waals surface area contributed by atoms with Crippen LogP contribution in [-0.4, -0.2) is 57.0 Å². The number of para-hydroxylation sites is 1. The molecule has 0 bridgehead atoms. The van der Waals surface area contributed by atoms with Crippen molar-refractivity contribution in [3.05, 3.63) is 109 Å². The number of piperazine rings is 1. The summed E-state index contributed by atoms with van der Waals surface area (Å²) in [7, 11) is 0. The summed E-state index contributed by atoms with van der Waals surface area (Å²) in [6.45, 7) is 4.90. The monoisotopic (exact) mass is 537 g/mol. The standard InChI is InChI=1S/C29H27N7O4/c1-18-7-9-20(10-8-18)36-27(38)21(26(37)33-29(36)40)17-30-24-15-22-23(32-28(39)31-22)16-25(24)35-13-11-34(12-14-35)19-5-3-2-4-6-19/h2-10,15-17,38H,11-14H2,1H3,(H2,31,32,39)(H,33,37,40). The van der Waals surface area contributed by atoms with Crippen LogP contribution >= 0.6 is 0 Å². The fraction of sp³-hybridized carbons (Fsp3) is 0.172. The molecule has 0 spiro atoms. The van der Waals surface area contributed by atoms with Crippen molar-refractivity contribution in [2.45, 2.75) is 6.92 Å². The van der Waals surface area contributed by atoms with Crippen LogP contribution in [-0.2, 0) is 0 Å². The van der Waals surface area contributed by atoms with E-state index in [1.165, 1.54) is 6.21 Å². The molecule has 3 heterocycles. The second kappa shape index (κ2) is 10.1. The number of nitrogens with one attached hydrogen (secondary N) is 3. The normalized spacial score (nSPS) is 13.9. The van der Waals surface area contributed by atoms with Crippen LogP contribution in [0.1, 0.15) is 11.1 Å². The Labute approximate surface area is 227 Å². The molecule has 11 nitrogen and oxygen atoms in total. The molecule has 5 aromatic rings. The van der Waals surface area contributed by atoms with Crippen molar-refractivity contribution >= 4 is 34.3 Å². The molecular weight excluding hydrogens is 510 g/mol. The van der Waals surface area contributed by atoms with Crippen LogP contribution in [0.15, 0.2) is 86.1 Å². The van der Waals surface area contributed by atoms with Gasteiger partial charge in [0.1, 0.15) is 5.56 Å². The van der Waals surface area contributed by atoms with Crippen molar-refractivity contribution in [1.29, 1.82) is 0 Å². The van der Waals surface area contributed by atoms with E-state index in [0.29, 0.717) is 35.5 Å². The number of aryl methyl sites for hydroxylation is 1. The summed E-state index contributed by atoms with van der Waals surface area (Å²) in [6, 6.07) is 20.7. The van der Waals surface area contributed by atoms with Crippen LogP contribution in [0.4, 0.5) is 17.1 Å². The van der Waals surface area contributed by atoms with Crippen molar-refractivity contribution in [2.24, 2.45) is 4.99 Å². The Kier molecular flexibility index (Phi) is 6.31. The van der Waals surface area contributed by atoms with Crippen molar-refractivity contribution < 1.29 is 5.11 Å². The zero-order valence-corrected chi connectivity index (χ0v) is 21.7. The van der Waals surface area contributed by atoms with Gasteiger partial charge in [-0.2, -0.15) is 0 Å². The smallest absolute Gasteiger partial charge is 0.335 e. The van der Waals surface area contributed by atoms with E-state index in [9.17, 15) is 19.5 Å². The van der Waals surface area contributed by atoms with E-state index in [1.807, 2.05) is 31.2 Å². The topological polar surface area (TPSA) is 143 Å². The first-order chi connectivity index (χ1) is 19.4. The minimum atomic E-state index is -0.760. The average molecular weight is 538 g/mol. The molecule has 1 aliphatic heterocycles. The number of aliphatic imine (C=N–C) groups is 1. The second-order valence-electron chi connectivity index (χ2n) is 9.70. The van der Waals surface area contributed by atoms with Crippen LogP contribution < -0.4 is 26.7 Å². The summed E-state index contributed by atoms with van der Waals surface area (Å²) in [5.41, 5.74) is 3.00. The summed E-state index contributed by atoms with van der Waals surface area (Å²) < 4.78 is 1.03. The zero-order valence-electron chi connectivity index (χ0n) is 21.7. The third kappa shape index (κ3) is 4.68. The Morgan fingerprint density at radius 1 is 0.800 bits per heavy atom. The predicted octanol–water partition coefficient (Wildman–Crippen LogP) is 2.79. The fourth-order valence-electron chi connectivity index (χ4n) is 4.98. The number of benzene rings is 3. The number of anilines is 2. The van der Waals surface area contributed by atoms with Gasteiger partial charge in [-0.25, -0.2) is 14.2 Å². The number of fused-ring (bicyclic) bond motifs is 1. The van der Waals surface area contributed by atoms with Crippen molar-refractivity contribution in [3.8, 4) is 11.6 Å². The van der Waals surface area contributed by atoms with E-state index in [2.05, 4.69) is 41.9 Å². The summed E-state index contributed by atoms with van der Waals surface area (Å²) >= 11 is 0. The van der Waals surface area contributed by atoms with Gasteiger partial charge in [0.05, 0.1) is 28.1 Å². The number of aromatic hydroxyl groups is 1. The molecule has 202 valence electrons. The van der Waals surface area contributed by atoms with Crippen LogP contribution in [0.25, 0.3) is 16.7 Å². The summed E-state index contributed by atoms with van der Waals surface area (Å²) in [5, 5.41) is 11.0. The van der Waals surface area contributed by atoms with Gasteiger partial charge in [0.15, 0.2) is 0 Å². The Balaban J connectivity index is 1.38. The Morgan fingerprint density at radius 3 is 2.15 bits per heavy atom. The molecule has 1 saturated heterocycles. The maximum absolute atomic E-state index is 12.7. The van der Waals surface area contributed by atoms with Gasteiger partial charge < -0.3 is 24.9 Å². The highest BCUT2D eigenvalue weighted by Gasteiger charge is 2.21. The van der Waals surface area contributed by atoms with Gasteiger partial charge in [-0.05, 0) is 43.3 Å². The number of aromatic amines is 3. The molecule has 3 aromatic carbocycles. The van der Waals surface area contributed by atoms with E-state index in [0.717, 1.165) is 34.6 Å². The van der Waals surface area contributed by atoms with Crippen molar-refractivity contribution in [3.63, 3.8) is 0 Å². The first-order valence-corrected chi connectivity index (χ1v) is 12.9. The van der Waals surface area contributed by atoms with E-state index in [-0.39, 0.29) is 11.3 Å². The van der Waals surface area contributed by atoms with Gasteiger partial charge in [-0.3, -0.25) is 14.8 Å². The fourth-order valence-corrected chi connectivity index (χ4v) is 4.98. The lowest BCUT2D eigenvalue weighted by Gasteiger charge is -2.37. The molecular formula is C29H27N7O4. The van der Waals surface area contributed by atoms with Gasteiger partial charge in [0, 0.05) is 38.1 Å². The molecule has 1 aliphatic rings. The number of aromatic nitrogens is 4. The molecule has 11 heteroatoms. The summed E-state index contributed by atoms with van der Waals surface area (Å²) in [6.07, 6.45) is 1.24. The van der Waals surface area contributed by atoms with E-state index >= 15 is 0 Å². The highest BCUT2D eigenvalue weighted by Crippen LogP contribution is 2.33. The molecule has 1 fully saturated rings. The lowest BCUT2D eigenvalue weighted by Crippen LogP contribution is -2.46. The molecule has 6 rings (SSSR count). The van der Waals surface area contributed by atoms with E-state index < -0.39 is 17.1 Å². The molecule has 40 heavy (non-hydrogen) atoms. The lowest BCUT2D eigenvalue weighted by molar-refractivity contribution is 0.430. The Morgan fingerprint density at radius 2 is 1.45 bits per heavy atom. The SMILES string of the molecule is Cc1ccc(-n2c(O)c(C=Nc3cc4[nH]c(=O)[nH]c4cc3N3CCN(c4ccccc4)CC3)c(=O)[nH]c2=O)cc1. The summed E-state index contributed by atoms with van der Waals surface area (Å²) in [4.78, 5) is 54.1. The molecule has 2 aromatic heterocycles. The highest BCUT2D eigenvalue weighted by atomic mass is 16.3. The molecule has 0 atom stereocenters. The van der Waals surface area contributed by atoms with Gasteiger partial charge in [-0.15, -0.1) is 0 Å². The van der Waals surface area contributed by atoms with Crippen LogP contribution in [0.3, 0.4) is 0 Å². The highest BCUT2D eigenvalue weighted by molar-refractivity contribution is 5.91. The number of hydrogen-bond donors (Lipinski definition) is 4. The maximum atomic E-state index is 12.7. The first-order valence-electron chi connectivity index (χ1n) is 12.9. The zero-order chi connectivity index (χ0) is 27.8. The molecule has 0 unspecified atom stereocenters. The summed E-state index contributed by atoms with van der Waals surface area (Å²) in [5.74, 6) is -0.518. The molecule has 0 aliphatic carbocycles. The third-order valence-electron chi connectivity index (χ3n) is 7.10. The minimum absolute atomic E-state index is 0.164. The maximum Gasteiger partial charge on any atom is 0.335 e. The van der Waals surface area contributed by atoms with Gasteiger partial charge in [0.25, 0.3) is 5.56 Å². The Bertz CT molecular complexity index is 1890. The first kappa shape index (κ1) is 25.0. The molecule has 0 radical (unpaired) electrons. The van der Waals surface area contributed by atoms with Crippen LogP contribution in [0.5, 0.6) is 5.88 Å². The molecule has 4 N–H and O–H groups in total. The second-order valence-corrected chi connectivity index (χ2v) is 9.70. The van der Waals surface area contributed by atoms with Gasteiger partial charge in [-0.1, -0.05) is 35.9 Å². The largest absolute Gasteiger partial charge is 0.493 e. The number of hydrogen-bond acceptors (Lipinski definition) is 7. The van der Waals surface area contributed by atoms with Crippen molar-refractivity contribution in [1.82, 2.24) is 19.5 Å². The van der Waals surface area contributed by atoms with E-state index in [4.69, 9.17) is 0 Å². The van der Waals surface area contributed by atoms with Crippen molar-refractivity contribution in [2.75, 3.05) is 36.0 Å². The van der Waals surface area contributed by atoms with Crippen LogP contribution in [0.2, 0.25) is 0 Å². The lowest BCUT2D eigenvalue weighted by atomic mass is 10.1. The van der Waals surface area contributed by atoms with E-state index in [1.54, 1.807) is 30.3 Å². The molecule has 0 saturated carbocycles. The number of H-pyrrole nitrogens is 3. The average Bonchev–Trinajstić information content (AvgIpc) is 3.32.